The Kier molecular flexibility index (Phi) is 2.24. The highest BCUT2D eigenvalue weighted by molar-refractivity contribution is 5.39. The molecule has 1 aliphatic carbocycles. The van der Waals surface area contributed by atoms with E-state index in [1.54, 1.807) is 0 Å². The van der Waals surface area contributed by atoms with Crippen molar-refractivity contribution in [1.29, 1.82) is 0 Å². The Morgan fingerprint density at radius 3 is 2.94 bits per heavy atom. The standard InChI is InChI=1S/C15H20N2O/c16-13-9-15(7-8-17(10-15)11-5-6-11)18-14-4-2-1-3-12(13)14/h1-4,11,13H,5-10,16H2. The highest BCUT2D eigenvalue weighted by Crippen LogP contribution is 2.44. The van der Waals surface area contributed by atoms with Gasteiger partial charge in [-0.15, -0.1) is 0 Å². The van der Waals surface area contributed by atoms with Crippen molar-refractivity contribution in [2.75, 3.05) is 13.1 Å². The largest absolute Gasteiger partial charge is 0.485 e. The fourth-order valence-electron chi connectivity index (χ4n) is 3.54. The summed E-state index contributed by atoms with van der Waals surface area (Å²) in [6, 6.07) is 9.22. The first kappa shape index (κ1) is 10.8. The summed E-state index contributed by atoms with van der Waals surface area (Å²) < 4.78 is 6.34. The minimum atomic E-state index is -0.0175. The van der Waals surface area contributed by atoms with Crippen molar-refractivity contribution in [2.24, 2.45) is 5.73 Å². The third kappa shape index (κ3) is 1.65. The van der Waals surface area contributed by atoms with Crippen LogP contribution in [0, 0.1) is 0 Å². The number of benzene rings is 1. The first-order valence-corrected chi connectivity index (χ1v) is 7.03. The van der Waals surface area contributed by atoms with E-state index in [2.05, 4.69) is 17.0 Å². The third-order valence-corrected chi connectivity index (χ3v) is 4.65. The van der Waals surface area contributed by atoms with Crippen molar-refractivity contribution in [3.8, 4) is 5.75 Å². The van der Waals surface area contributed by atoms with Crippen molar-refractivity contribution < 1.29 is 4.74 Å². The van der Waals surface area contributed by atoms with Gasteiger partial charge in [-0.1, -0.05) is 18.2 Å². The number of fused-ring (bicyclic) bond motifs is 1. The van der Waals surface area contributed by atoms with Crippen LogP contribution in [0.1, 0.15) is 37.3 Å². The van der Waals surface area contributed by atoms with E-state index in [-0.39, 0.29) is 11.6 Å². The van der Waals surface area contributed by atoms with Crippen LogP contribution >= 0.6 is 0 Å². The van der Waals surface area contributed by atoms with Crippen molar-refractivity contribution in [2.45, 2.75) is 43.4 Å². The smallest absolute Gasteiger partial charge is 0.125 e. The molecule has 96 valence electrons. The van der Waals surface area contributed by atoms with Gasteiger partial charge in [0.1, 0.15) is 11.4 Å². The lowest BCUT2D eigenvalue weighted by Gasteiger charge is -2.38. The van der Waals surface area contributed by atoms with Gasteiger partial charge in [0.2, 0.25) is 0 Å². The first-order chi connectivity index (χ1) is 8.76. The summed E-state index contributed by atoms with van der Waals surface area (Å²) in [5.74, 6) is 1.01. The molecule has 2 N–H and O–H groups in total. The van der Waals surface area contributed by atoms with Crippen LogP contribution in [0.4, 0.5) is 0 Å². The normalized spacial score (nSPS) is 35.5. The van der Waals surface area contributed by atoms with E-state index in [4.69, 9.17) is 10.5 Å². The van der Waals surface area contributed by atoms with Crippen LogP contribution in [0.2, 0.25) is 0 Å². The molecule has 0 aromatic heterocycles. The Balaban J connectivity index is 1.61. The highest BCUT2D eigenvalue weighted by atomic mass is 16.5. The predicted octanol–water partition coefficient (Wildman–Crippen LogP) is 2.08. The maximum absolute atomic E-state index is 6.34. The first-order valence-electron chi connectivity index (χ1n) is 7.03. The van der Waals surface area contributed by atoms with Gasteiger partial charge in [0.15, 0.2) is 0 Å². The average Bonchev–Trinajstić information content (AvgIpc) is 3.14. The molecule has 1 aromatic rings. The molecule has 3 aliphatic rings. The lowest BCUT2D eigenvalue weighted by Crippen LogP contribution is -2.45. The van der Waals surface area contributed by atoms with E-state index in [0.717, 1.165) is 31.2 Å². The van der Waals surface area contributed by atoms with Crippen LogP contribution < -0.4 is 10.5 Å². The van der Waals surface area contributed by atoms with Crippen molar-refractivity contribution in [3.63, 3.8) is 0 Å². The second-order valence-electron chi connectivity index (χ2n) is 6.09. The number of nitrogens with two attached hydrogens (primary N) is 1. The summed E-state index contributed by atoms with van der Waals surface area (Å²) in [5, 5.41) is 0. The molecule has 1 spiro atoms. The van der Waals surface area contributed by atoms with E-state index < -0.39 is 0 Å². The predicted molar refractivity (Wildman–Crippen MR) is 70.6 cm³/mol. The SMILES string of the molecule is NC1CC2(CCN(C3CC3)C2)Oc2ccccc21. The lowest BCUT2D eigenvalue weighted by atomic mass is 9.87. The molecule has 4 rings (SSSR count). The summed E-state index contributed by atoms with van der Waals surface area (Å²) in [7, 11) is 0. The fourth-order valence-corrected chi connectivity index (χ4v) is 3.54. The van der Waals surface area contributed by atoms with Gasteiger partial charge in [-0.05, 0) is 18.9 Å². The topological polar surface area (TPSA) is 38.5 Å². The number of nitrogens with zero attached hydrogens (tertiary/aromatic N) is 1. The maximum atomic E-state index is 6.34. The van der Waals surface area contributed by atoms with Crippen LogP contribution in [0.3, 0.4) is 0 Å². The molecular weight excluding hydrogens is 224 g/mol. The van der Waals surface area contributed by atoms with Crippen LogP contribution in [-0.4, -0.2) is 29.6 Å². The molecule has 2 heterocycles. The molecule has 1 aromatic carbocycles. The molecule has 3 nitrogen and oxygen atoms in total. The molecular formula is C15H20N2O. The zero-order valence-electron chi connectivity index (χ0n) is 10.6. The Bertz CT molecular complexity index is 471. The van der Waals surface area contributed by atoms with E-state index in [0.29, 0.717) is 0 Å². The van der Waals surface area contributed by atoms with Crippen molar-refractivity contribution in [3.05, 3.63) is 29.8 Å². The monoisotopic (exact) mass is 244 g/mol. The minimum Gasteiger partial charge on any atom is -0.485 e. The lowest BCUT2D eigenvalue weighted by molar-refractivity contribution is 0.0433. The van der Waals surface area contributed by atoms with Crippen LogP contribution in [0.5, 0.6) is 5.75 Å². The van der Waals surface area contributed by atoms with Gasteiger partial charge in [-0.25, -0.2) is 0 Å². The fraction of sp³-hybridized carbons (Fsp3) is 0.600. The van der Waals surface area contributed by atoms with E-state index in [9.17, 15) is 0 Å². The van der Waals surface area contributed by atoms with Gasteiger partial charge in [-0.2, -0.15) is 0 Å². The molecule has 3 heteroatoms. The molecule has 0 bridgehead atoms. The number of likely N-dealkylation sites (tertiary alicyclic amines) is 1. The summed E-state index contributed by atoms with van der Waals surface area (Å²) in [5.41, 5.74) is 7.50. The second-order valence-corrected chi connectivity index (χ2v) is 6.09. The zero-order chi connectivity index (χ0) is 12.2. The van der Waals surface area contributed by atoms with Gasteiger partial charge >= 0.3 is 0 Å². The quantitative estimate of drug-likeness (QED) is 0.822. The highest BCUT2D eigenvalue weighted by Gasteiger charge is 2.48. The Hall–Kier alpha value is -1.06. The summed E-state index contributed by atoms with van der Waals surface area (Å²) in [6.45, 7) is 2.25. The van der Waals surface area contributed by atoms with E-state index in [1.165, 1.54) is 24.9 Å². The van der Waals surface area contributed by atoms with Gasteiger partial charge in [0, 0.05) is 43.6 Å². The Morgan fingerprint density at radius 2 is 2.11 bits per heavy atom. The zero-order valence-corrected chi connectivity index (χ0v) is 10.6. The number of hydrogen-bond acceptors (Lipinski definition) is 3. The van der Waals surface area contributed by atoms with Gasteiger partial charge in [-0.3, -0.25) is 4.90 Å². The molecule has 2 fully saturated rings. The summed E-state index contributed by atoms with van der Waals surface area (Å²) in [6.07, 6.45) is 4.84. The molecule has 2 aliphatic heterocycles. The Labute approximate surface area is 108 Å². The molecule has 1 saturated carbocycles. The van der Waals surface area contributed by atoms with Crippen LogP contribution in [0.25, 0.3) is 0 Å². The molecule has 1 saturated heterocycles. The number of hydrogen-bond donors (Lipinski definition) is 1. The van der Waals surface area contributed by atoms with Crippen molar-refractivity contribution >= 4 is 0 Å². The average molecular weight is 244 g/mol. The van der Waals surface area contributed by atoms with Crippen LogP contribution in [0.15, 0.2) is 24.3 Å². The van der Waals surface area contributed by atoms with Gasteiger partial charge in [0.05, 0.1) is 0 Å². The Morgan fingerprint density at radius 1 is 1.28 bits per heavy atom. The summed E-state index contributed by atoms with van der Waals surface area (Å²) >= 11 is 0. The molecule has 0 amide bonds. The number of rotatable bonds is 1. The molecule has 18 heavy (non-hydrogen) atoms. The van der Waals surface area contributed by atoms with Crippen molar-refractivity contribution in [1.82, 2.24) is 4.90 Å². The van der Waals surface area contributed by atoms with Gasteiger partial charge in [0.25, 0.3) is 0 Å². The molecule has 2 unspecified atom stereocenters. The van der Waals surface area contributed by atoms with E-state index in [1.807, 2.05) is 12.1 Å². The minimum absolute atomic E-state index is 0.0175. The number of para-hydroxylation sites is 1. The van der Waals surface area contributed by atoms with Crippen LogP contribution in [-0.2, 0) is 0 Å². The van der Waals surface area contributed by atoms with E-state index >= 15 is 0 Å². The molecule has 0 radical (unpaired) electrons. The molecule has 2 atom stereocenters. The second kappa shape index (κ2) is 3.72. The summed E-state index contributed by atoms with van der Waals surface area (Å²) in [4.78, 5) is 2.60. The maximum Gasteiger partial charge on any atom is 0.125 e. The third-order valence-electron chi connectivity index (χ3n) is 4.65. The van der Waals surface area contributed by atoms with Gasteiger partial charge < -0.3 is 10.5 Å². The number of ether oxygens (including phenoxy) is 1.